The van der Waals surface area contributed by atoms with E-state index in [1.54, 1.807) is 42.5 Å². The number of amides is 3. The highest BCUT2D eigenvalue weighted by Gasteiger charge is 2.36. The van der Waals surface area contributed by atoms with Crippen LogP contribution in [0.1, 0.15) is 11.1 Å². The highest BCUT2D eigenvalue weighted by Crippen LogP contribution is 2.34. The molecule has 3 aromatic carbocycles. The van der Waals surface area contributed by atoms with Gasteiger partial charge in [-0.15, -0.1) is 0 Å². The van der Waals surface area contributed by atoms with Crippen molar-refractivity contribution in [3.8, 4) is 5.75 Å². The zero-order chi connectivity index (χ0) is 24.9. The number of imide groups is 1. The number of carbonyl (C=O) groups excluding carboxylic acids is 3. The number of hydrogen-bond donors (Lipinski definition) is 1. The average Bonchev–Trinajstić information content (AvgIpc) is 3.08. The van der Waals surface area contributed by atoms with Gasteiger partial charge in [0.2, 0.25) is 5.91 Å². The van der Waals surface area contributed by atoms with Crippen molar-refractivity contribution in [3.05, 3.63) is 100 Å². The minimum atomic E-state index is -0.987. The van der Waals surface area contributed by atoms with Gasteiger partial charge in [-0.3, -0.25) is 19.3 Å². The number of thioether (sulfide) groups is 1. The first-order chi connectivity index (χ1) is 16.8. The van der Waals surface area contributed by atoms with Crippen molar-refractivity contribution in [2.24, 2.45) is 0 Å². The summed E-state index contributed by atoms with van der Waals surface area (Å²) in [7, 11) is 0. The molecule has 1 fully saturated rings. The Hall–Kier alpha value is -4.05. The van der Waals surface area contributed by atoms with Crippen LogP contribution in [0.3, 0.4) is 0 Å². The summed E-state index contributed by atoms with van der Waals surface area (Å²) < 4.78 is 46.4. The second kappa shape index (κ2) is 10.5. The fourth-order valence-electron chi connectivity index (χ4n) is 3.20. The summed E-state index contributed by atoms with van der Waals surface area (Å²) in [6, 6.07) is 15.5. The Labute approximate surface area is 202 Å². The molecule has 6 nitrogen and oxygen atoms in total. The molecule has 4 rings (SSSR count). The van der Waals surface area contributed by atoms with Gasteiger partial charge in [-0.05, 0) is 42.1 Å². The second-order valence-corrected chi connectivity index (χ2v) is 8.35. The van der Waals surface area contributed by atoms with Crippen LogP contribution < -0.4 is 10.1 Å². The first kappa shape index (κ1) is 24.1. The van der Waals surface area contributed by atoms with Crippen LogP contribution in [0.4, 0.5) is 23.7 Å². The molecular weight excluding hydrogens is 481 g/mol. The number of para-hydroxylation sites is 1. The number of nitrogens with one attached hydrogen (secondary N) is 1. The Balaban J connectivity index is 1.46. The minimum Gasteiger partial charge on any atom is -0.488 e. The van der Waals surface area contributed by atoms with E-state index >= 15 is 0 Å². The van der Waals surface area contributed by atoms with Crippen molar-refractivity contribution in [2.45, 2.75) is 6.61 Å². The van der Waals surface area contributed by atoms with E-state index in [4.69, 9.17) is 4.74 Å². The summed E-state index contributed by atoms with van der Waals surface area (Å²) in [5.74, 6) is -3.38. The maximum absolute atomic E-state index is 13.9. The molecule has 1 aliphatic heterocycles. The normalized spacial score (nSPS) is 14.5. The Morgan fingerprint density at radius 1 is 0.971 bits per heavy atom. The number of benzene rings is 3. The van der Waals surface area contributed by atoms with Gasteiger partial charge in [-0.25, -0.2) is 13.2 Å². The third kappa shape index (κ3) is 5.72. The zero-order valence-electron chi connectivity index (χ0n) is 18.0. The van der Waals surface area contributed by atoms with Gasteiger partial charge in [0.15, 0.2) is 0 Å². The van der Waals surface area contributed by atoms with Crippen LogP contribution in [0.25, 0.3) is 6.08 Å². The van der Waals surface area contributed by atoms with Crippen LogP contribution >= 0.6 is 11.8 Å². The van der Waals surface area contributed by atoms with E-state index in [1.165, 1.54) is 12.1 Å². The van der Waals surface area contributed by atoms with Crippen molar-refractivity contribution in [2.75, 3.05) is 11.9 Å². The molecule has 0 aromatic heterocycles. The Morgan fingerprint density at radius 3 is 2.49 bits per heavy atom. The number of anilines is 1. The van der Waals surface area contributed by atoms with Gasteiger partial charge in [-0.1, -0.05) is 36.4 Å². The highest BCUT2D eigenvalue weighted by atomic mass is 32.2. The summed E-state index contributed by atoms with van der Waals surface area (Å²) in [5, 5.41) is 1.53. The van der Waals surface area contributed by atoms with Gasteiger partial charge in [-0.2, -0.15) is 0 Å². The van der Waals surface area contributed by atoms with Gasteiger partial charge in [0, 0.05) is 17.2 Å². The van der Waals surface area contributed by atoms with Gasteiger partial charge in [0.1, 0.15) is 36.4 Å². The van der Waals surface area contributed by atoms with E-state index in [2.05, 4.69) is 5.32 Å². The van der Waals surface area contributed by atoms with E-state index in [0.717, 1.165) is 17.0 Å². The molecule has 0 bridgehead atoms. The van der Waals surface area contributed by atoms with Crippen molar-refractivity contribution < 1.29 is 32.3 Å². The lowest BCUT2D eigenvalue weighted by atomic mass is 10.1. The standard InChI is InChI=1S/C25H17F3N2O4S/c26-17-9-10-20(19(28)12-17)29-23(31)13-30-24(32)22(35-25(30)33)11-15-5-2-4-8-21(15)34-14-16-6-1-3-7-18(16)27/h1-12H,13-14H2,(H,29,31). The van der Waals surface area contributed by atoms with Crippen molar-refractivity contribution in [1.29, 1.82) is 0 Å². The number of hydrogen-bond acceptors (Lipinski definition) is 5. The fraction of sp³-hybridized carbons (Fsp3) is 0.0800. The molecule has 1 N–H and O–H groups in total. The highest BCUT2D eigenvalue weighted by molar-refractivity contribution is 8.18. The first-order valence-electron chi connectivity index (χ1n) is 10.3. The lowest BCUT2D eigenvalue weighted by Gasteiger charge is -2.13. The molecular formula is C25H17F3N2O4S. The quantitative estimate of drug-likeness (QED) is 0.444. The van der Waals surface area contributed by atoms with E-state index in [-0.39, 0.29) is 17.2 Å². The molecule has 0 radical (unpaired) electrons. The number of halogens is 3. The van der Waals surface area contributed by atoms with E-state index < -0.39 is 41.0 Å². The molecule has 1 aliphatic rings. The predicted octanol–water partition coefficient (Wildman–Crippen LogP) is 5.36. The predicted molar refractivity (Wildman–Crippen MR) is 125 cm³/mol. The van der Waals surface area contributed by atoms with Crippen LogP contribution in [0.5, 0.6) is 5.75 Å². The maximum atomic E-state index is 13.9. The number of ether oxygens (including phenoxy) is 1. The van der Waals surface area contributed by atoms with Crippen LogP contribution in [0.15, 0.2) is 71.6 Å². The maximum Gasteiger partial charge on any atom is 0.294 e. The van der Waals surface area contributed by atoms with Crippen LogP contribution in [0, 0.1) is 17.5 Å². The number of nitrogens with zero attached hydrogens (tertiary/aromatic N) is 1. The lowest BCUT2D eigenvalue weighted by Crippen LogP contribution is -2.36. The summed E-state index contributed by atoms with van der Waals surface area (Å²) in [6.07, 6.45) is 1.44. The molecule has 0 saturated carbocycles. The number of rotatable bonds is 7. The van der Waals surface area contributed by atoms with Gasteiger partial charge in [0.05, 0.1) is 10.6 Å². The minimum absolute atomic E-state index is 0.0425. The monoisotopic (exact) mass is 498 g/mol. The third-order valence-electron chi connectivity index (χ3n) is 4.93. The molecule has 0 unspecified atom stereocenters. The van der Waals surface area contributed by atoms with Gasteiger partial charge >= 0.3 is 0 Å². The summed E-state index contributed by atoms with van der Waals surface area (Å²) in [5.41, 5.74) is 0.554. The summed E-state index contributed by atoms with van der Waals surface area (Å²) >= 11 is 0.635. The Bertz CT molecular complexity index is 1350. The summed E-state index contributed by atoms with van der Waals surface area (Å²) in [4.78, 5) is 38.2. The lowest BCUT2D eigenvalue weighted by molar-refractivity contribution is -0.127. The molecule has 1 heterocycles. The second-order valence-electron chi connectivity index (χ2n) is 7.36. The van der Waals surface area contributed by atoms with Crippen molar-refractivity contribution in [1.82, 2.24) is 4.90 Å². The van der Waals surface area contributed by atoms with E-state index in [1.807, 2.05) is 0 Å². The molecule has 0 atom stereocenters. The first-order valence-corrected chi connectivity index (χ1v) is 11.1. The SMILES string of the molecule is O=C(CN1C(=O)SC(=Cc2ccccc2OCc2ccccc2F)C1=O)Nc1ccc(F)cc1F. The van der Waals surface area contributed by atoms with E-state index in [0.29, 0.717) is 34.7 Å². The molecule has 35 heavy (non-hydrogen) atoms. The van der Waals surface area contributed by atoms with Crippen LogP contribution in [0.2, 0.25) is 0 Å². The molecule has 0 spiro atoms. The van der Waals surface area contributed by atoms with Crippen molar-refractivity contribution in [3.63, 3.8) is 0 Å². The molecule has 0 aliphatic carbocycles. The molecule has 1 saturated heterocycles. The third-order valence-corrected chi connectivity index (χ3v) is 5.83. The zero-order valence-corrected chi connectivity index (χ0v) is 18.8. The summed E-state index contributed by atoms with van der Waals surface area (Å²) in [6.45, 7) is -0.691. The van der Waals surface area contributed by atoms with Crippen molar-refractivity contribution >= 4 is 40.6 Å². The van der Waals surface area contributed by atoms with E-state index in [9.17, 15) is 27.6 Å². The Morgan fingerprint density at radius 2 is 1.71 bits per heavy atom. The number of carbonyl (C=O) groups is 3. The van der Waals surface area contributed by atoms with Crippen LogP contribution in [-0.4, -0.2) is 28.5 Å². The average molecular weight is 498 g/mol. The molecule has 178 valence electrons. The fourth-order valence-corrected chi connectivity index (χ4v) is 4.03. The Kier molecular flexibility index (Phi) is 7.21. The molecule has 3 aromatic rings. The molecule has 3 amide bonds. The van der Waals surface area contributed by atoms with Gasteiger partial charge < -0.3 is 10.1 Å². The van der Waals surface area contributed by atoms with Crippen LogP contribution in [-0.2, 0) is 16.2 Å². The smallest absolute Gasteiger partial charge is 0.294 e. The topological polar surface area (TPSA) is 75.7 Å². The molecule has 10 heteroatoms. The largest absolute Gasteiger partial charge is 0.488 e. The van der Waals surface area contributed by atoms with Gasteiger partial charge in [0.25, 0.3) is 11.1 Å².